The first-order valence-electron chi connectivity index (χ1n) is 9.60. The van der Waals surface area contributed by atoms with Crippen LogP contribution in [0.3, 0.4) is 0 Å². The van der Waals surface area contributed by atoms with E-state index >= 15 is 0 Å². The summed E-state index contributed by atoms with van der Waals surface area (Å²) in [5.41, 5.74) is 1.31. The van der Waals surface area contributed by atoms with Gasteiger partial charge in [0.2, 0.25) is 10.9 Å². The van der Waals surface area contributed by atoms with Gasteiger partial charge in [-0.15, -0.1) is 11.3 Å². The molecular formula is C20H25FN4O3S. The monoisotopic (exact) mass is 420 g/mol. The molecule has 0 bridgehead atoms. The van der Waals surface area contributed by atoms with Gasteiger partial charge < -0.3 is 10.1 Å². The molecular weight excluding hydrogens is 395 g/mol. The first-order valence-corrected chi connectivity index (χ1v) is 10.5. The van der Waals surface area contributed by atoms with E-state index in [4.69, 9.17) is 4.74 Å². The van der Waals surface area contributed by atoms with Gasteiger partial charge in [0, 0.05) is 43.8 Å². The first-order chi connectivity index (χ1) is 14.0. The Balaban J connectivity index is 1.47. The molecule has 0 saturated carbocycles. The fourth-order valence-corrected chi connectivity index (χ4v) is 3.88. The van der Waals surface area contributed by atoms with Crippen molar-refractivity contribution in [3.8, 4) is 0 Å². The van der Waals surface area contributed by atoms with Crippen LogP contribution in [0.4, 0.5) is 10.1 Å². The van der Waals surface area contributed by atoms with E-state index in [0.717, 1.165) is 31.9 Å². The number of thiazole rings is 1. The number of nitrogens with one attached hydrogen (secondary N) is 1. The molecule has 0 radical (unpaired) electrons. The summed E-state index contributed by atoms with van der Waals surface area (Å²) in [7, 11) is 0. The lowest BCUT2D eigenvalue weighted by Crippen LogP contribution is -2.52. The summed E-state index contributed by atoms with van der Waals surface area (Å²) in [6.45, 7) is 7.70. The molecule has 1 aromatic heterocycles. The van der Waals surface area contributed by atoms with Crippen molar-refractivity contribution >= 4 is 28.9 Å². The number of hydrogen-bond donors (Lipinski definition) is 1. The van der Waals surface area contributed by atoms with Gasteiger partial charge >= 0.3 is 5.97 Å². The number of hydrogen-bond acceptors (Lipinski definition) is 7. The third-order valence-electron chi connectivity index (χ3n) is 4.81. The van der Waals surface area contributed by atoms with Gasteiger partial charge in [0.25, 0.3) is 0 Å². The second-order valence-electron chi connectivity index (χ2n) is 6.85. The number of carbonyl (C=O) groups is 2. The standard InChI is InChI=1S/C20H25FN4O3S/c1-3-28-20(27)19-23-17(13-29-19)12-24-7-9-25(10-8-24)14(2)18(26)22-16-6-4-5-15(21)11-16/h4-6,11,13-14H,3,7-10,12H2,1-2H3,(H,22,26)/t14-/m0/s1. The van der Waals surface area contributed by atoms with Crippen LogP contribution < -0.4 is 5.32 Å². The van der Waals surface area contributed by atoms with E-state index in [1.165, 1.54) is 23.5 Å². The number of esters is 1. The number of halogens is 1. The van der Waals surface area contributed by atoms with Crippen molar-refractivity contribution in [2.45, 2.75) is 26.4 Å². The van der Waals surface area contributed by atoms with Crippen LogP contribution in [0, 0.1) is 5.82 Å². The minimum absolute atomic E-state index is 0.150. The largest absolute Gasteiger partial charge is 0.461 e. The molecule has 0 spiro atoms. The van der Waals surface area contributed by atoms with Crippen LogP contribution in [0.2, 0.25) is 0 Å². The second-order valence-corrected chi connectivity index (χ2v) is 7.71. The highest BCUT2D eigenvalue weighted by Gasteiger charge is 2.26. The molecule has 1 amide bonds. The highest BCUT2D eigenvalue weighted by molar-refractivity contribution is 7.11. The van der Waals surface area contributed by atoms with Gasteiger partial charge in [0.15, 0.2) is 0 Å². The smallest absolute Gasteiger partial charge is 0.367 e. The molecule has 29 heavy (non-hydrogen) atoms. The molecule has 1 aliphatic heterocycles. The molecule has 2 heterocycles. The molecule has 156 valence electrons. The Morgan fingerprint density at radius 1 is 1.31 bits per heavy atom. The Hall–Kier alpha value is -2.36. The predicted molar refractivity (Wildman–Crippen MR) is 109 cm³/mol. The van der Waals surface area contributed by atoms with E-state index in [9.17, 15) is 14.0 Å². The van der Waals surface area contributed by atoms with E-state index in [-0.39, 0.29) is 23.7 Å². The minimum atomic E-state index is -0.383. The van der Waals surface area contributed by atoms with Gasteiger partial charge in [-0.1, -0.05) is 6.07 Å². The Morgan fingerprint density at radius 2 is 2.07 bits per heavy atom. The average Bonchev–Trinajstić information content (AvgIpc) is 3.17. The number of aromatic nitrogens is 1. The van der Waals surface area contributed by atoms with Crippen molar-refractivity contribution in [3.63, 3.8) is 0 Å². The molecule has 1 aliphatic rings. The van der Waals surface area contributed by atoms with Crippen LogP contribution >= 0.6 is 11.3 Å². The number of carbonyl (C=O) groups excluding carboxylic acids is 2. The molecule has 1 aromatic carbocycles. The molecule has 0 unspecified atom stereocenters. The van der Waals surface area contributed by atoms with Crippen LogP contribution in [0.25, 0.3) is 0 Å². The summed E-state index contributed by atoms with van der Waals surface area (Å²) < 4.78 is 18.3. The maximum Gasteiger partial charge on any atom is 0.367 e. The highest BCUT2D eigenvalue weighted by atomic mass is 32.1. The zero-order valence-electron chi connectivity index (χ0n) is 16.6. The maximum atomic E-state index is 13.3. The van der Waals surface area contributed by atoms with Crippen LogP contribution in [0.15, 0.2) is 29.6 Å². The molecule has 1 fully saturated rings. The van der Waals surface area contributed by atoms with Crippen molar-refractivity contribution in [1.29, 1.82) is 0 Å². The summed E-state index contributed by atoms with van der Waals surface area (Å²) in [5, 5.41) is 5.03. The van der Waals surface area contributed by atoms with Gasteiger partial charge in [-0.3, -0.25) is 14.6 Å². The summed E-state index contributed by atoms with van der Waals surface area (Å²) in [4.78, 5) is 32.9. The van der Waals surface area contributed by atoms with E-state index in [0.29, 0.717) is 23.8 Å². The van der Waals surface area contributed by atoms with Crippen LogP contribution in [0.5, 0.6) is 0 Å². The van der Waals surface area contributed by atoms with Gasteiger partial charge in [-0.2, -0.15) is 0 Å². The number of benzene rings is 1. The molecule has 2 aromatic rings. The number of nitrogens with zero attached hydrogens (tertiary/aromatic N) is 3. The third kappa shape index (κ3) is 5.81. The Bertz CT molecular complexity index is 852. The average molecular weight is 421 g/mol. The van der Waals surface area contributed by atoms with Crippen molar-refractivity contribution < 1.29 is 18.7 Å². The van der Waals surface area contributed by atoms with E-state index in [1.54, 1.807) is 19.1 Å². The topological polar surface area (TPSA) is 74.8 Å². The van der Waals surface area contributed by atoms with Gasteiger partial charge in [0.05, 0.1) is 18.3 Å². The predicted octanol–water partition coefficient (Wildman–Crippen LogP) is 2.60. The normalized spacial score (nSPS) is 16.4. The summed E-state index contributed by atoms with van der Waals surface area (Å²) >= 11 is 1.30. The Morgan fingerprint density at radius 3 is 2.76 bits per heavy atom. The molecule has 7 nitrogen and oxygen atoms in total. The number of anilines is 1. The lowest BCUT2D eigenvalue weighted by atomic mass is 10.2. The lowest BCUT2D eigenvalue weighted by molar-refractivity contribution is -0.121. The van der Waals surface area contributed by atoms with Crippen LogP contribution in [0.1, 0.15) is 29.3 Å². The maximum absolute atomic E-state index is 13.3. The second kappa shape index (κ2) is 9.91. The Kier molecular flexibility index (Phi) is 7.29. The molecule has 1 saturated heterocycles. The molecule has 3 rings (SSSR count). The van der Waals surface area contributed by atoms with E-state index in [2.05, 4.69) is 20.1 Å². The van der Waals surface area contributed by atoms with Gasteiger partial charge in [-0.25, -0.2) is 14.2 Å². The molecule has 1 atom stereocenters. The van der Waals surface area contributed by atoms with Gasteiger partial charge in [0.1, 0.15) is 5.82 Å². The molecule has 9 heteroatoms. The molecule has 0 aliphatic carbocycles. The fourth-order valence-electron chi connectivity index (χ4n) is 3.18. The zero-order chi connectivity index (χ0) is 20.8. The summed E-state index contributed by atoms with van der Waals surface area (Å²) in [6.07, 6.45) is 0. The van der Waals surface area contributed by atoms with Crippen molar-refractivity contribution in [2.75, 3.05) is 38.1 Å². The minimum Gasteiger partial charge on any atom is -0.461 e. The number of piperazine rings is 1. The van der Waals surface area contributed by atoms with Crippen LogP contribution in [-0.2, 0) is 16.1 Å². The Labute approximate surface area is 173 Å². The summed E-state index contributed by atoms with van der Waals surface area (Å²) in [6, 6.07) is 5.58. The number of rotatable bonds is 7. The summed E-state index contributed by atoms with van der Waals surface area (Å²) in [5.74, 6) is -0.911. The van der Waals surface area contributed by atoms with Crippen molar-refractivity contribution in [2.24, 2.45) is 0 Å². The fraction of sp³-hybridized carbons (Fsp3) is 0.450. The number of amides is 1. The van der Waals surface area contributed by atoms with Crippen molar-refractivity contribution in [1.82, 2.24) is 14.8 Å². The zero-order valence-corrected chi connectivity index (χ0v) is 17.4. The van der Waals surface area contributed by atoms with Gasteiger partial charge in [-0.05, 0) is 32.0 Å². The van der Waals surface area contributed by atoms with Crippen molar-refractivity contribution in [3.05, 3.63) is 46.2 Å². The quantitative estimate of drug-likeness (QED) is 0.694. The van der Waals surface area contributed by atoms with Crippen LogP contribution in [-0.4, -0.2) is 65.5 Å². The SMILES string of the molecule is CCOC(=O)c1nc(CN2CCN([C@@H](C)C(=O)Nc3cccc(F)c3)CC2)cs1. The van der Waals surface area contributed by atoms with E-state index in [1.807, 2.05) is 12.3 Å². The molecule has 1 N–H and O–H groups in total. The first kappa shape index (κ1) is 21.4. The lowest BCUT2D eigenvalue weighted by Gasteiger charge is -2.37. The number of ether oxygens (including phenoxy) is 1. The van der Waals surface area contributed by atoms with E-state index < -0.39 is 0 Å². The highest BCUT2D eigenvalue weighted by Crippen LogP contribution is 2.16. The third-order valence-corrected chi connectivity index (χ3v) is 5.68.